The highest BCUT2D eigenvalue weighted by molar-refractivity contribution is 6.39. The van der Waals surface area contributed by atoms with E-state index in [9.17, 15) is 9.59 Å². The molecule has 32 heavy (non-hydrogen) atoms. The lowest BCUT2D eigenvalue weighted by molar-refractivity contribution is 0.262. The molecule has 0 atom stereocenters. The number of carbonyl (C=O) groups is 1. The van der Waals surface area contributed by atoms with E-state index in [-0.39, 0.29) is 21.4 Å². The SMILES string of the molecule is COc1cccc(-c2c(NC(=O)Nc3c(Cl)cccc3Cl)c(=O)n(C)c3ncccc23)c1. The average Bonchev–Trinajstić information content (AvgIpc) is 2.80. The molecular weight excluding hydrogens is 451 g/mol. The Kier molecular flexibility index (Phi) is 6.03. The van der Waals surface area contributed by atoms with Crippen LogP contribution in [-0.4, -0.2) is 22.7 Å². The number of para-hydroxylation sites is 1. The molecule has 162 valence electrons. The average molecular weight is 469 g/mol. The van der Waals surface area contributed by atoms with E-state index in [2.05, 4.69) is 15.6 Å². The highest BCUT2D eigenvalue weighted by atomic mass is 35.5. The van der Waals surface area contributed by atoms with Gasteiger partial charge in [0.15, 0.2) is 0 Å². The van der Waals surface area contributed by atoms with Gasteiger partial charge in [0.1, 0.15) is 17.1 Å². The van der Waals surface area contributed by atoms with Gasteiger partial charge in [-0.2, -0.15) is 0 Å². The van der Waals surface area contributed by atoms with Crippen LogP contribution in [0.4, 0.5) is 16.2 Å². The van der Waals surface area contributed by atoms with E-state index in [0.29, 0.717) is 27.9 Å². The molecule has 0 aliphatic carbocycles. The summed E-state index contributed by atoms with van der Waals surface area (Å²) < 4.78 is 6.73. The van der Waals surface area contributed by atoms with Gasteiger partial charge in [-0.3, -0.25) is 9.36 Å². The van der Waals surface area contributed by atoms with Crippen molar-refractivity contribution in [1.82, 2.24) is 9.55 Å². The maximum Gasteiger partial charge on any atom is 0.323 e. The van der Waals surface area contributed by atoms with Gasteiger partial charge in [0, 0.05) is 24.2 Å². The summed E-state index contributed by atoms with van der Waals surface area (Å²) in [6, 6.07) is 15.0. The fraction of sp³-hybridized carbons (Fsp3) is 0.0870. The molecule has 0 radical (unpaired) electrons. The smallest absolute Gasteiger partial charge is 0.323 e. The van der Waals surface area contributed by atoms with Crippen molar-refractivity contribution in [3.63, 3.8) is 0 Å². The van der Waals surface area contributed by atoms with Crippen molar-refractivity contribution in [2.24, 2.45) is 7.05 Å². The molecule has 2 aromatic heterocycles. The van der Waals surface area contributed by atoms with Gasteiger partial charge in [-0.25, -0.2) is 9.78 Å². The van der Waals surface area contributed by atoms with Gasteiger partial charge >= 0.3 is 6.03 Å². The Morgan fingerprint density at radius 3 is 2.41 bits per heavy atom. The number of methoxy groups -OCH3 is 1. The van der Waals surface area contributed by atoms with E-state index in [1.807, 2.05) is 12.1 Å². The molecule has 0 saturated carbocycles. The number of anilines is 2. The van der Waals surface area contributed by atoms with Crippen molar-refractivity contribution >= 4 is 51.6 Å². The molecule has 0 bridgehead atoms. The summed E-state index contributed by atoms with van der Waals surface area (Å²) in [6.45, 7) is 0. The number of pyridine rings is 2. The van der Waals surface area contributed by atoms with Gasteiger partial charge < -0.3 is 15.4 Å². The lowest BCUT2D eigenvalue weighted by Crippen LogP contribution is -2.28. The number of urea groups is 1. The maximum atomic E-state index is 13.3. The van der Waals surface area contributed by atoms with Crippen LogP contribution in [-0.2, 0) is 7.05 Å². The fourth-order valence-electron chi connectivity index (χ4n) is 3.43. The van der Waals surface area contributed by atoms with E-state index in [4.69, 9.17) is 27.9 Å². The van der Waals surface area contributed by atoms with Crippen molar-refractivity contribution in [3.8, 4) is 16.9 Å². The highest BCUT2D eigenvalue weighted by Gasteiger charge is 2.20. The normalized spacial score (nSPS) is 10.8. The number of halogens is 2. The monoisotopic (exact) mass is 468 g/mol. The molecule has 4 rings (SSSR count). The van der Waals surface area contributed by atoms with Crippen LogP contribution in [0.3, 0.4) is 0 Å². The molecular formula is C23H18Cl2N4O3. The van der Waals surface area contributed by atoms with Gasteiger partial charge in [-0.15, -0.1) is 0 Å². The van der Waals surface area contributed by atoms with E-state index < -0.39 is 11.6 Å². The van der Waals surface area contributed by atoms with Crippen molar-refractivity contribution in [3.05, 3.63) is 81.2 Å². The van der Waals surface area contributed by atoms with Crippen LogP contribution in [0.1, 0.15) is 0 Å². The minimum absolute atomic E-state index is 0.0851. The zero-order valence-electron chi connectivity index (χ0n) is 17.1. The van der Waals surface area contributed by atoms with Gasteiger partial charge in [-0.1, -0.05) is 41.4 Å². The van der Waals surface area contributed by atoms with Crippen LogP contribution >= 0.6 is 23.2 Å². The summed E-state index contributed by atoms with van der Waals surface area (Å²) in [7, 11) is 3.16. The number of ether oxygens (including phenoxy) is 1. The van der Waals surface area contributed by atoms with Crippen LogP contribution in [0.5, 0.6) is 5.75 Å². The number of hydrogen-bond acceptors (Lipinski definition) is 4. The van der Waals surface area contributed by atoms with Gasteiger partial charge in [-0.05, 0) is 42.0 Å². The fourth-order valence-corrected chi connectivity index (χ4v) is 3.93. The Balaban J connectivity index is 1.87. The first-order valence-corrected chi connectivity index (χ1v) is 10.3. The number of nitrogens with zero attached hydrogens (tertiary/aromatic N) is 2. The summed E-state index contributed by atoms with van der Waals surface area (Å²) in [5.74, 6) is 0.610. The predicted octanol–water partition coefficient (Wildman–Crippen LogP) is 5.56. The summed E-state index contributed by atoms with van der Waals surface area (Å²) in [5.41, 5.74) is 1.60. The molecule has 0 spiro atoms. The van der Waals surface area contributed by atoms with Crippen LogP contribution < -0.4 is 20.9 Å². The number of aromatic nitrogens is 2. The molecule has 7 nitrogen and oxygen atoms in total. The molecule has 4 aromatic rings. The Labute approximate surface area is 193 Å². The number of fused-ring (bicyclic) bond motifs is 1. The number of benzene rings is 2. The number of carbonyl (C=O) groups excluding carboxylic acids is 1. The highest BCUT2D eigenvalue weighted by Crippen LogP contribution is 2.35. The van der Waals surface area contributed by atoms with Crippen LogP contribution in [0.15, 0.2) is 65.6 Å². The molecule has 0 aliphatic rings. The third-order valence-corrected chi connectivity index (χ3v) is 5.57. The Morgan fingerprint density at radius 2 is 1.69 bits per heavy atom. The molecule has 0 unspecified atom stereocenters. The quantitative estimate of drug-likeness (QED) is 0.410. The lowest BCUT2D eigenvalue weighted by atomic mass is 10.00. The zero-order chi connectivity index (χ0) is 22.8. The van der Waals surface area contributed by atoms with Crippen LogP contribution in [0.25, 0.3) is 22.2 Å². The van der Waals surface area contributed by atoms with E-state index in [0.717, 1.165) is 0 Å². The Bertz CT molecular complexity index is 1380. The largest absolute Gasteiger partial charge is 0.497 e. The minimum Gasteiger partial charge on any atom is -0.497 e. The predicted molar refractivity (Wildman–Crippen MR) is 128 cm³/mol. The minimum atomic E-state index is -0.663. The molecule has 9 heteroatoms. The number of rotatable bonds is 4. The second-order valence-corrected chi connectivity index (χ2v) is 7.71. The molecule has 2 heterocycles. The van der Waals surface area contributed by atoms with E-state index >= 15 is 0 Å². The number of amides is 2. The number of aryl methyl sites for hydroxylation is 1. The number of nitrogens with one attached hydrogen (secondary N) is 2. The summed E-state index contributed by atoms with van der Waals surface area (Å²) in [4.78, 5) is 30.5. The summed E-state index contributed by atoms with van der Waals surface area (Å²) in [6.07, 6.45) is 1.61. The molecule has 2 aromatic carbocycles. The van der Waals surface area contributed by atoms with E-state index in [1.165, 1.54) is 4.57 Å². The molecule has 0 saturated heterocycles. The Hall–Kier alpha value is -3.55. The third kappa shape index (κ3) is 4.00. The molecule has 2 amide bonds. The maximum absolute atomic E-state index is 13.3. The van der Waals surface area contributed by atoms with Gasteiger partial charge in [0.05, 0.1) is 22.8 Å². The first kappa shape index (κ1) is 21.7. The van der Waals surface area contributed by atoms with Crippen molar-refractivity contribution < 1.29 is 9.53 Å². The number of hydrogen-bond donors (Lipinski definition) is 2. The van der Waals surface area contributed by atoms with Crippen molar-refractivity contribution in [2.45, 2.75) is 0 Å². The van der Waals surface area contributed by atoms with Crippen molar-refractivity contribution in [1.29, 1.82) is 0 Å². The Morgan fingerprint density at radius 1 is 1.00 bits per heavy atom. The second kappa shape index (κ2) is 8.90. The first-order chi connectivity index (χ1) is 15.4. The molecule has 0 fully saturated rings. The third-order valence-electron chi connectivity index (χ3n) is 4.94. The van der Waals surface area contributed by atoms with E-state index in [1.54, 1.807) is 62.8 Å². The first-order valence-electron chi connectivity index (χ1n) is 9.55. The van der Waals surface area contributed by atoms with Crippen LogP contribution in [0, 0.1) is 0 Å². The molecule has 0 aliphatic heterocycles. The standard InChI is InChI=1S/C23H18Cl2N4O3/c1-29-21-15(8-5-11-26-21)18(13-6-3-7-14(12-13)32-2)20(22(29)30)28-23(31)27-19-16(24)9-4-10-17(19)25/h3-12H,1-2H3,(H2,27,28,31). The second-order valence-electron chi connectivity index (χ2n) is 6.90. The lowest BCUT2D eigenvalue weighted by Gasteiger charge is -2.17. The van der Waals surface area contributed by atoms with Gasteiger partial charge in [0.25, 0.3) is 5.56 Å². The summed E-state index contributed by atoms with van der Waals surface area (Å²) in [5, 5.41) is 6.54. The zero-order valence-corrected chi connectivity index (χ0v) is 18.7. The van der Waals surface area contributed by atoms with Gasteiger partial charge in [0.2, 0.25) is 0 Å². The van der Waals surface area contributed by atoms with Crippen molar-refractivity contribution in [2.75, 3.05) is 17.7 Å². The van der Waals surface area contributed by atoms with Crippen LogP contribution in [0.2, 0.25) is 10.0 Å². The molecule has 2 N–H and O–H groups in total. The summed E-state index contributed by atoms with van der Waals surface area (Å²) >= 11 is 12.3. The topological polar surface area (TPSA) is 85.3 Å².